The molecule has 0 saturated heterocycles. The minimum absolute atomic E-state index is 0.225. The van der Waals surface area contributed by atoms with Gasteiger partial charge in [0.05, 0.1) is 19.9 Å². The fourth-order valence-electron chi connectivity index (χ4n) is 2.41. The molecule has 0 aliphatic heterocycles. The molecule has 3 rings (SSSR count). The monoisotopic (exact) mass is 387 g/mol. The first-order chi connectivity index (χ1) is 13.0. The minimum atomic E-state index is -0.669. The van der Waals surface area contributed by atoms with Crippen LogP contribution in [-0.2, 0) is 9.53 Å². The number of benzene rings is 1. The van der Waals surface area contributed by atoms with E-state index >= 15 is 0 Å². The Labute approximate surface area is 158 Å². The Bertz CT molecular complexity index is 1000. The highest BCUT2D eigenvalue weighted by Gasteiger charge is 2.19. The summed E-state index contributed by atoms with van der Waals surface area (Å²) in [4.78, 5) is 29.3. The molecular formula is C18H17N3O5S. The number of ether oxygens (including phenoxy) is 3. The largest absolute Gasteiger partial charge is 0.493 e. The highest BCUT2D eigenvalue weighted by molar-refractivity contribution is 7.21. The molecule has 2 aromatic heterocycles. The summed E-state index contributed by atoms with van der Waals surface area (Å²) in [6.45, 7) is -0.450. The van der Waals surface area contributed by atoms with Gasteiger partial charge in [-0.05, 0) is 24.3 Å². The molecule has 0 unspecified atom stereocenters. The smallest absolute Gasteiger partial charge is 0.351 e. The molecule has 9 heteroatoms. The van der Waals surface area contributed by atoms with Crippen molar-refractivity contribution in [3.8, 4) is 11.5 Å². The molecule has 0 spiro atoms. The third-order valence-electron chi connectivity index (χ3n) is 3.69. The Morgan fingerprint density at radius 3 is 2.67 bits per heavy atom. The van der Waals surface area contributed by atoms with Gasteiger partial charge in [0.1, 0.15) is 9.71 Å². The summed E-state index contributed by atoms with van der Waals surface area (Å²) in [7, 11) is 3.01. The molecule has 0 aliphatic rings. The molecule has 0 bridgehead atoms. The van der Waals surface area contributed by atoms with E-state index in [0.29, 0.717) is 33.1 Å². The zero-order chi connectivity index (χ0) is 19.4. The number of nitrogens with two attached hydrogens (primary N) is 1. The van der Waals surface area contributed by atoms with E-state index in [4.69, 9.17) is 19.9 Å². The standard InChI is InChI=1S/C18H17N3O5S/c1-24-12-6-5-10(8-13(12)25-2)21-14(22)9-26-18(23)16-15(19)11-4-3-7-20-17(11)27-16/h3-8H,9,19H2,1-2H3,(H,21,22). The minimum Gasteiger partial charge on any atom is -0.493 e. The van der Waals surface area contributed by atoms with E-state index in [9.17, 15) is 9.59 Å². The highest BCUT2D eigenvalue weighted by Crippen LogP contribution is 2.32. The molecule has 140 valence electrons. The van der Waals surface area contributed by atoms with Gasteiger partial charge < -0.3 is 25.3 Å². The highest BCUT2D eigenvalue weighted by atomic mass is 32.1. The molecule has 0 aliphatic carbocycles. The second kappa shape index (κ2) is 7.92. The molecule has 0 atom stereocenters. The number of hydrogen-bond donors (Lipinski definition) is 2. The van der Waals surface area contributed by atoms with E-state index in [0.717, 1.165) is 11.3 Å². The molecule has 3 N–H and O–H groups in total. The summed E-state index contributed by atoms with van der Waals surface area (Å²) >= 11 is 1.12. The molecular weight excluding hydrogens is 370 g/mol. The summed E-state index contributed by atoms with van der Waals surface area (Å²) in [6.07, 6.45) is 1.62. The number of rotatable bonds is 6. The van der Waals surface area contributed by atoms with E-state index in [-0.39, 0.29) is 4.88 Å². The van der Waals surface area contributed by atoms with Crippen LogP contribution in [0.1, 0.15) is 9.67 Å². The van der Waals surface area contributed by atoms with E-state index < -0.39 is 18.5 Å². The second-order valence-electron chi connectivity index (χ2n) is 5.40. The van der Waals surface area contributed by atoms with Crippen LogP contribution in [-0.4, -0.2) is 37.7 Å². The maximum Gasteiger partial charge on any atom is 0.351 e. The average Bonchev–Trinajstić information content (AvgIpc) is 3.03. The van der Waals surface area contributed by atoms with Crippen LogP contribution in [0.5, 0.6) is 11.5 Å². The SMILES string of the molecule is COc1ccc(NC(=O)COC(=O)c2sc3ncccc3c2N)cc1OC. The number of anilines is 2. The van der Waals surface area contributed by atoms with E-state index in [1.54, 1.807) is 36.5 Å². The van der Waals surface area contributed by atoms with Crippen LogP contribution in [0.4, 0.5) is 11.4 Å². The molecule has 1 amide bonds. The quantitative estimate of drug-likeness (QED) is 0.625. The number of nitrogens with zero attached hydrogens (tertiary/aromatic N) is 1. The van der Waals surface area contributed by atoms with Crippen LogP contribution < -0.4 is 20.5 Å². The topological polar surface area (TPSA) is 113 Å². The molecule has 3 aromatic rings. The van der Waals surface area contributed by atoms with Gasteiger partial charge in [0, 0.05) is 23.3 Å². The van der Waals surface area contributed by atoms with Crippen LogP contribution in [0, 0.1) is 0 Å². The number of aromatic nitrogens is 1. The predicted molar refractivity (Wildman–Crippen MR) is 102 cm³/mol. The van der Waals surface area contributed by atoms with Crippen molar-refractivity contribution in [1.82, 2.24) is 4.98 Å². The fourth-order valence-corrected chi connectivity index (χ4v) is 3.37. The van der Waals surface area contributed by atoms with Gasteiger partial charge in [-0.25, -0.2) is 9.78 Å². The number of amides is 1. The summed E-state index contributed by atoms with van der Waals surface area (Å²) < 4.78 is 15.4. The maximum atomic E-state index is 12.2. The van der Waals surface area contributed by atoms with Crippen molar-refractivity contribution in [2.24, 2.45) is 0 Å². The number of carbonyl (C=O) groups excluding carboxylic acids is 2. The van der Waals surface area contributed by atoms with Crippen LogP contribution >= 0.6 is 11.3 Å². The van der Waals surface area contributed by atoms with Crippen LogP contribution in [0.2, 0.25) is 0 Å². The number of fused-ring (bicyclic) bond motifs is 1. The third-order valence-corrected chi connectivity index (χ3v) is 4.80. The van der Waals surface area contributed by atoms with Gasteiger partial charge in [0.25, 0.3) is 5.91 Å². The van der Waals surface area contributed by atoms with Crippen molar-refractivity contribution in [3.63, 3.8) is 0 Å². The summed E-state index contributed by atoms with van der Waals surface area (Å²) in [5.41, 5.74) is 6.76. The zero-order valence-corrected chi connectivity index (χ0v) is 15.5. The van der Waals surface area contributed by atoms with Crippen molar-refractivity contribution >= 4 is 44.8 Å². The third kappa shape index (κ3) is 3.93. The fraction of sp³-hybridized carbons (Fsp3) is 0.167. The van der Waals surface area contributed by atoms with Gasteiger partial charge in [-0.1, -0.05) is 0 Å². The first kappa shape index (κ1) is 18.5. The van der Waals surface area contributed by atoms with Gasteiger partial charge >= 0.3 is 5.97 Å². The first-order valence-electron chi connectivity index (χ1n) is 7.85. The lowest BCUT2D eigenvalue weighted by molar-refractivity contribution is -0.119. The maximum absolute atomic E-state index is 12.2. The summed E-state index contributed by atoms with van der Waals surface area (Å²) in [5.74, 6) is -0.153. The predicted octanol–water partition coefficient (Wildman–Crippen LogP) is 2.69. The van der Waals surface area contributed by atoms with Crippen LogP contribution in [0.3, 0.4) is 0 Å². The lowest BCUT2D eigenvalue weighted by atomic mass is 10.2. The Balaban J connectivity index is 1.63. The number of nitrogens with one attached hydrogen (secondary N) is 1. The van der Waals surface area contributed by atoms with Gasteiger partial charge in [-0.2, -0.15) is 0 Å². The number of carbonyl (C=O) groups is 2. The summed E-state index contributed by atoms with van der Waals surface area (Å²) in [6, 6.07) is 8.42. The van der Waals surface area contributed by atoms with Gasteiger partial charge in [0.2, 0.25) is 0 Å². The summed E-state index contributed by atoms with van der Waals surface area (Å²) in [5, 5.41) is 3.31. The van der Waals surface area contributed by atoms with Crippen molar-refractivity contribution in [3.05, 3.63) is 41.4 Å². The van der Waals surface area contributed by atoms with Crippen molar-refractivity contribution in [2.75, 3.05) is 31.9 Å². The molecule has 2 heterocycles. The van der Waals surface area contributed by atoms with E-state index in [1.807, 2.05) is 0 Å². The molecule has 8 nitrogen and oxygen atoms in total. The number of nitrogen functional groups attached to an aromatic ring is 1. The number of hydrogen-bond acceptors (Lipinski definition) is 8. The van der Waals surface area contributed by atoms with Gasteiger partial charge in [-0.3, -0.25) is 4.79 Å². The molecule has 0 radical (unpaired) electrons. The van der Waals surface area contributed by atoms with Crippen LogP contribution in [0.15, 0.2) is 36.5 Å². The first-order valence-corrected chi connectivity index (χ1v) is 8.67. The Morgan fingerprint density at radius 1 is 1.19 bits per heavy atom. The molecule has 1 aromatic carbocycles. The molecule has 27 heavy (non-hydrogen) atoms. The Morgan fingerprint density at radius 2 is 1.96 bits per heavy atom. The number of esters is 1. The van der Waals surface area contributed by atoms with Crippen molar-refractivity contribution in [1.29, 1.82) is 0 Å². The van der Waals surface area contributed by atoms with Gasteiger partial charge in [0.15, 0.2) is 18.1 Å². The Kier molecular flexibility index (Phi) is 5.41. The van der Waals surface area contributed by atoms with Gasteiger partial charge in [-0.15, -0.1) is 11.3 Å². The number of methoxy groups -OCH3 is 2. The lowest BCUT2D eigenvalue weighted by Crippen LogP contribution is -2.21. The normalized spacial score (nSPS) is 10.4. The van der Waals surface area contributed by atoms with Crippen molar-refractivity contribution in [2.45, 2.75) is 0 Å². The van der Waals surface area contributed by atoms with E-state index in [2.05, 4.69) is 10.3 Å². The van der Waals surface area contributed by atoms with Crippen LogP contribution in [0.25, 0.3) is 10.2 Å². The number of pyridine rings is 1. The second-order valence-corrected chi connectivity index (χ2v) is 6.39. The molecule has 0 saturated carbocycles. The number of thiophene rings is 1. The van der Waals surface area contributed by atoms with E-state index in [1.165, 1.54) is 14.2 Å². The lowest BCUT2D eigenvalue weighted by Gasteiger charge is -2.10. The Hall–Kier alpha value is -3.33. The van der Waals surface area contributed by atoms with Crippen molar-refractivity contribution < 1.29 is 23.8 Å². The molecule has 0 fully saturated rings. The zero-order valence-electron chi connectivity index (χ0n) is 14.6. The average molecular weight is 387 g/mol.